The number of likely N-dealkylation sites (N-methyl/N-ethyl adjacent to an activating group) is 1. The summed E-state index contributed by atoms with van der Waals surface area (Å²) < 4.78 is 12.7. The topological polar surface area (TPSA) is 88.2 Å². The lowest BCUT2D eigenvalue weighted by atomic mass is 10.0. The molecule has 9 heteroatoms. The molecule has 0 aliphatic carbocycles. The number of rotatable bonds is 6. The van der Waals surface area contributed by atoms with Gasteiger partial charge < -0.3 is 30.4 Å². The molecule has 4 rings (SSSR count). The Kier molecular flexibility index (Phi) is 7.33. The molecule has 3 atom stereocenters. The van der Waals surface area contributed by atoms with Crippen molar-refractivity contribution in [2.75, 3.05) is 48.8 Å². The maximum Gasteiger partial charge on any atom is 0.319 e. The van der Waals surface area contributed by atoms with Crippen LogP contribution in [-0.2, 0) is 11.5 Å². The summed E-state index contributed by atoms with van der Waals surface area (Å²) in [5, 5.41) is 15.8. The van der Waals surface area contributed by atoms with Crippen LogP contribution in [0.5, 0.6) is 0 Å². The number of piperidine rings is 1. The Morgan fingerprint density at radius 1 is 1.09 bits per heavy atom. The van der Waals surface area contributed by atoms with E-state index in [2.05, 4.69) is 15.5 Å². The van der Waals surface area contributed by atoms with Crippen molar-refractivity contribution in [3.8, 4) is 0 Å². The highest BCUT2D eigenvalue weighted by atomic mass is 19.1. The van der Waals surface area contributed by atoms with Gasteiger partial charge in [0.2, 0.25) is 5.91 Å². The minimum absolute atomic E-state index is 0.0861. The summed E-state index contributed by atoms with van der Waals surface area (Å²) in [5.74, 6) is -0.147. The molecule has 0 radical (unpaired) electrons. The van der Waals surface area contributed by atoms with Crippen molar-refractivity contribution in [2.24, 2.45) is 0 Å². The average molecular weight is 470 g/mol. The second kappa shape index (κ2) is 10.4. The number of benzene rings is 2. The van der Waals surface area contributed by atoms with Gasteiger partial charge in [-0.1, -0.05) is 12.1 Å². The van der Waals surface area contributed by atoms with Crippen molar-refractivity contribution in [2.45, 2.75) is 37.7 Å². The Balaban J connectivity index is 1.36. The van der Waals surface area contributed by atoms with Gasteiger partial charge in [-0.25, -0.2) is 9.18 Å². The molecular weight excluding hydrogens is 437 g/mol. The normalized spacial score (nSPS) is 22.9. The number of carbonyl (C=O) groups excluding carboxylic acids is 2. The van der Waals surface area contributed by atoms with Crippen LogP contribution in [0.4, 0.5) is 26.2 Å². The molecule has 3 N–H and O–H groups in total. The Morgan fingerprint density at radius 2 is 1.76 bits per heavy atom. The molecule has 2 saturated heterocycles. The van der Waals surface area contributed by atoms with Gasteiger partial charge in [0.1, 0.15) is 12.7 Å². The molecule has 0 saturated carbocycles. The fourth-order valence-electron chi connectivity index (χ4n) is 4.60. The van der Waals surface area contributed by atoms with Gasteiger partial charge in [-0.2, -0.15) is 0 Å². The van der Waals surface area contributed by atoms with Crippen molar-refractivity contribution in [1.82, 2.24) is 10.2 Å². The molecular formula is C25H32FN5O3. The van der Waals surface area contributed by atoms with E-state index in [1.165, 1.54) is 0 Å². The Morgan fingerprint density at radius 3 is 2.38 bits per heavy atom. The van der Waals surface area contributed by atoms with E-state index in [1.54, 1.807) is 29.2 Å². The lowest BCUT2D eigenvalue weighted by Gasteiger charge is -2.33. The number of nitrogens with zero attached hydrogens (tertiary/aromatic N) is 3. The van der Waals surface area contributed by atoms with Crippen molar-refractivity contribution in [3.63, 3.8) is 0 Å². The van der Waals surface area contributed by atoms with Gasteiger partial charge >= 0.3 is 6.03 Å². The number of alkyl halides is 1. The van der Waals surface area contributed by atoms with E-state index in [0.29, 0.717) is 30.8 Å². The Hall–Kier alpha value is -3.17. The van der Waals surface area contributed by atoms with E-state index in [0.717, 1.165) is 24.3 Å². The highest BCUT2D eigenvalue weighted by molar-refractivity contribution is 6.01. The zero-order valence-electron chi connectivity index (χ0n) is 19.6. The predicted molar refractivity (Wildman–Crippen MR) is 131 cm³/mol. The molecule has 182 valence electrons. The van der Waals surface area contributed by atoms with Crippen molar-refractivity contribution in [1.29, 1.82) is 0 Å². The molecule has 2 heterocycles. The van der Waals surface area contributed by atoms with Gasteiger partial charge in [0.25, 0.3) is 0 Å². The SMILES string of the molecule is CN(C)C1CN(c2ccc(N3CCC[C@@H](NC(=O)Nc4ccc(CF)cc4)C3=O)cc2)CC1O. The maximum atomic E-state index is 13.1. The quantitative estimate of drug-likeness (QED) is 0.605. The van der Waals surface area contributed by atoms with Crippen LogP contribution in [0.1, 0.15) is 18.4 Å². The third kappa shape index (κ3) is 5.31. The van der Waals surface area contributed by atoms with Crippen LogP contribution in [0.3, 0.4) is 0 Å². The van der Waals surface area contributed by atoms with Crippen LogP contribution in [0.25, 0.3) is 0 Å². The molecule has 0 spiro atoms. The van der Waals surface area contributed by atoms with Gasteiger partial charge in [0.05, 0.1) is 12.1 Å². The van der Waals surface area contributed by atoms with Gasteiger partial charge in [-0.15, -0.1) is 0 Å². The lowest BCUT2D eigenvalue weighted by Crippen LogP contribution is -2.53. The largest absolute Gasteiger partial charge is 0.390 e. The highest BCUT2D eigenvalue weighted by Gasteiger charge is 2.34. The minimum Gasteiger partial charge on any atom is -0.390 e. The van der Waals surface area contributed by atoms with Crippen LogP contribution in [-0.4, -0.2) is 73.9 Å². The highest BCUT2D eigenvalue weighted by Crippen LogP contribution is 2.27. The molecule has 2 aliphatic rings. The Labute approximate surface area is 199 Å². The number of hydrogen-bond donors (Lipinski definition) is 3. The molecule has 3 amide bonds. The number of halogens is 1. The number of aliphatic hydroxyl groups is 1. The minimum atomic E-state index is -0.617. The fraction of sp³-hybridized carbons (Fsp3) is 0.440. The lowest BCUT2D eigenvalue weighted by molar-refractivity contribution is -0.121. The third-order valence-corrected chi connectivity index (χ3v) is 6.56. The van der Waals surface area contributed by atoms with Crippen LogP contribution >= 0.6 is 0 Å². The second-order valence-electron chi connectivity index (χ2n) is 9.13. The molecule has 2 unspecified atom stereocenters. The molecule has 8 nitrogen and oxygen atoms in total. The number of amides is 3. The molecule has 2 aromatic rings. The summed E-state index contributed by atoms with van der Waals surface area (Å²) in [6, 6.07) is 13.2. The summed E-state index contributed by atoms with van der Waals surface area (Å²) in [7, 11) is 3.94. The summed E-state index contributed by atoms with van der Waals surface area (Å²) in [4.78, 5) is 31.4. The summed E-state index contributed by atoms with van der Waals surface area (Å²) in [6.07, 6.45) is 0.934. The predicted octanol–water partition coefficient (Wildman–Crippen LogP) is 2.58. The molecule has 2 aliphatic heterocycles. The van der Waals surface area contributed by atoms with E-state index in [-0.39, 0.29) is 11.9 Å². The first-order chi connectivity index (χ1) is 16.4. The molecule has 0 bridgehead atoms. The standard InChI is InChI=1S/C25H32FN5O3/c1-29(2)22-15-30(16-23(22)32)19-9-11-20(12-10-19)31-13-3-4-21(24(31)33)28-25(34)27-18-7-5-17(14-26)6-8-18/h5-12,21-23,32H,3-4,13-16H2,1-2H3,(H2,27,28,34)/t21-,22?,23?/m1/s1. The van der Waals surface area contributed by atoms with Crippen molar-refractivity contribution >= 4 is 29.0 Å². The van der Waals surface area contributed by atoms with Crippen LogP contribution in [0.2, 0.25) is 0 Å². The average Bonchev–Trinajstić information content (AvgIpc) is 3.23. The number of β-amino-alcohol motifs (C(OH)–C–C–N with tert-alkyl or cyclic N) is 1. The third-order valence-electron chi connectivity index (χ3n) is 6.56. The molecule has 2 aromatic carbocycles. The number of carbonyl (C=O) groups is 2. The molecule has 2 fully saturated rings. The summed E-state index contributed by atoms with van der Waals surface area (Å²) in [5.41, 5.74) is 2.86. The van der Waals surface area contributed by atoms with Gasteiger partial charge in [0.15, 0.2) is 0 Å². The smallest absolute Gasteiger partial charge is 0.319 e. The van der Waals surface area contributed by atoms with Crippen molar-refractivity contribution in [3.05, 3.63) is 54.1 Å². The first-order valence-electron chi connectivity index (χ1n) is 11.6. The van der Waals surface area contributed by atoms with Crippen LogP contribution in [0, 0.1) is 0 Å². The summed E-state index contributed by atoms with van der Waals surface area (Å²) >= 11 is 0. The second-order valence-corrected chi connectivity index (χ2v) is 9.13. The number of urea groups is 1. The fourth-order valence-corrected chi connectivity index (χ4v) is 4.60. The van der Waals surface area contributed by atoms with Gasteiger partial charge in [-0.3, -0.25) is 4.79 Å². The van der Waals surface area contributed by atoms with Crippen molar-refractivity contribution < 1.29 is 19.1 Å². The number of nitrogens with one attached hydrogen (secondary N) is 2. The van der Waals surface area contributed by atoms with E-state index in [4.69, 9.17) is 0 Å². The zero-order chi connectivity index (χ0) is 24.2. The van der Waals surface area contributed by atoms with Gasteiger partial charge in [-0.05, 0) is 68.9 Å². The zero-order valence-corrected chi connectivity index (χ0v) is 19.6. The van der Waals surface area contributed by atoms with E-state index in [9.17, 15) is 19.1 Å². The van der Waals surface area contributed by atoms with E-state index in [1.807, 2.05) is 43.3 Å². The first-order valence-corrected chi connectivity index (χ1v) is 11.6. The van der Waals surface area contributed by atoms with E-state index >= 15 is 0 Å². The van der Waals surface area contributed by atoms with Gasteiger partial charge in [0, 0.05) is 36.7 Å². The van der Waals surface area contributed by atoms with E-state index < -0.39 is 24.9 Å². The molecule has 0 aromatic heterocycles. The molecule has 34 heavy (non-hydrogen) atoms. The maximum absolute atomic E-state index is 13.1. The number of aliphatic hydroxyl groups excluding tert-OH is 1. The monoisotopic (exact) mass is 469 g/mol. The van der Waals surface area contributed by atoms with Crippen LogP contribution in [0.15, 0.2) is 48.5 Å². The number of hydrogen-bond acceptors (Lipinski definition) is 5. The van der Waals surface area contributed by atoms with Crippen LogP contribution < -0.4 is 20.4 Å². The Bertz CT molecular complexity index is 999. The summed E-state index contributed by atoms with van der Waals surface area (Å²) in [6.45, 7) is 1.35. The first kappa shape index (κ1) is 24.0. The number of anilines is 3.